The molecule has 1 unspecified atom stereocenters. The van der Waals surface area contributed by atoms with E-state index in [9.17, 15) is 5.11 Å². The van der Waals surface area contributed by atoms with E-state index in [2.05, 4.69) is 0 Å². The number of benzene rings is 2. The molecule has 0 heterocycles. The number of aliphatic hydroxyl groups excluding tert-OH is 1. The van der Waals surface area contributed by atoms with Crippen LogP contribution in [0.4, 0.5) is 0 Å². The first kappa shape index (κ1) is 14.0. The lowest BCUT2D eigenvalue weighted by molar-refractivity contribution is 0.174. The zero-order chi connectivity index (χ0) is 13.7. The van der Waals surface area contributed by atoms with Crippen molar-refractivity contribution in [3.05, 3.63) is 59.7 Å². The largest absolute Gasteiger partial charge is 0.496 e. The van der Waals surface area contributed by atoms with Crippen molar-refractivity contribution in [2.24, 2.45) is 0 Å². The van der Waals surface area contributed by atoms with Crippen LogP contribution in [0.15, 0.2) is 53.4 Å². The molecule has 0 aliphatic carbocycles. The van der Waals surface area contributed by atoms with Crippen LogP contribution in [0.5, 0.6) is 5.75 Å². The first-order chi connectivity index (χ1) is 9.26. The minimum Gasteiger partial charge on any atom is -0.496 e. The van der Waals surface area contributed by atoms with Crippen molar-refractivity contribution < 1.29 is 9.84 Å². The van der Waals surface area contributed by atoms with E-state index >= 15 is 0 Å². The van der Waals surface area contributed by atoms with E-state index in [1.807, 2.05) is 54.8 Å². The van der Waals surface area contributed by atoms with E-state index < -0.39 is 6.10 Å². The van der Waals surface area contributed by atoms with Crippen molar-refractivity contribution in [1.29, 1.82) is 0 Å². The van der Waals surface area contributed by atoms with Crippen LogP contribution < -0.4 is 4.74 Å². The van der Waals surface area contributed by atoms with Gasteiger partial charge in [-0.3, -0.25) is 0 Å². The van der Waals surface area contributed by atoms with Crippen molar-refractivity contribution in [2.75, 3.05) is 13.4 Å². The number of hydrogen-bond donors (Lipinski definition) is 1. The van der Waals surface area contributed by atoms with Gasteiger partial charge in [0.2, 0.25) is 0 Å². The number of methoxy groups -OCH3 is 1. The van der Waals surface area contributed by atoms with Crippen LogP contribution in [0.1, 0.15) is 17.2 Å². The summed E-state index contributed by atoms with van der Waals surface area (Å²) < 4.78 is 5.32. The van der Waals surface area contributed by atoms with Crippen molar-refractivity contribution in [3.63, 3.8) is 0 Å². The molecule has 100 valence electrons. The molecule has 0 radical (unpaired) electrons. The number of ether oxygens (including phenoxy) is 1. The van der Waals surface area contributed by atoms with Crippen molar-refractivity contribution in [1.82, 2.24) is 0 Å². The van der Waals surface area contributed by atoms with Gasteiger partial charge in [0.15, 0.2) is 0 Å². The van der Waals surface area contributed by atoms with Crippen molar-refractivity contribution >= 4 is 11.8 Å². The van der Waals surface area contributed by atoms with Crippen LogP contribution in [0.3, 0.4) is 0 Å². The van der Waals surface area contributed by atoms with Crippen molar-refractivity contribution in [3.8, 4) is 5.75 Å². The maximum Gasteiger partial charge on any atom is 0.122 e. The topological polar surface area (TPSA) is 29.5 Å². The molecule has 0 aliphatic rings. The standard InChI is InChI=1S/C16H18O2S/c1-18-15-9-5-3-7-12(15)11-14(17)13-8-4-6-10-16(13)19-2/h3-10,14,17H,11H2,1-2H3. The number of aliphatic hydroxyl groups is 1. The monoisotopic (exact) mass is 274 g/mol. The van der Waals surface area contributed by atoms with Crippen LogP contribution >= 0.6 is 11.8 Å². The Morgan fingerprint density at radius 3 is 2.53 bits per heavy atom. The second-order valence-corrected chi connectivity index (χ2v) is 5.12. The Bertz CT molecular complexity index is 540. The Labute approximate surface area is 118 Å². The van der Waals surface area contributed by atoms with E-state index in [4.69, 9.17) is 4.74 Å². The van der Waals surface area contributed by atoms with E-state index in [1.165, 1.54) is 0 Å². The Morgan fingerprint density at radius 1 is 1.11 bits per heavy atom. The highest BCUT2D eigenvalue weighted by molar-refractivity contribution is 7.98. The summed E-state index contributed by atoms with van der Waals surface area (Å²) in [5, 5.41) is 10.4. The summed E-state index contributed by atoms with van der Waals surface area (Å²) in [6, 6.07) is 15.8. The molecular formula is C16H18O2S. The molecule has 0 aromatic heterocycles. The lowest BCUT2D eigenvalue weighted by atomic mass is 10.0. The number of para-hydroxylation sites is 1. The fourth-order valence-corrected chi connectivity index (χ4v) is 2.79. The Kier molecular flexibility index (Phi) is 4.88. The highest BCUT2D eigenvalue weighted by atomic mass is 32.2. The van der Waals surface area contributed by atoms with Gasteiger partial charge in [0.25, 0.3) is 0 Å². The molecule has 0 spiro atoms. The van der Waals surface area contributed by atoms with Gasteiger partial charge in [0.05, 0.1) is 13.2 Å². The average Bonchev–Trinajstić information content (AvgIpc) is 2.47. The quantitative estimate of drug-likeness (QED) is 0.843. The summed E-state index contributed by atoms with van der Waals surface area (Å²) in [5.74, 6) is 0.822. The fraction of sp³-hybridized carbons (Fsp3) is 0.250. The lowest BCUT2D eigenvalue weighted by Crippen LogP contribution is -2.04. The maximum atomic E-state index is 10.4. The SMILES string of the molecule is COc1ccccc1CC(O)c1ccccc1SC. The van der Waals surface area contributed by atoms with Crippen LogP contribution in [-0.2, 0) is 6.42 Å². The minimum absolute atomic E-state index is 0.514. The van der Waals surface area contributed by atoms with Gasteiger partial charge in [-0.05, 0) is 29.5 Å². The summed E-state index contributed by atoms with van der Waals surface area (Å²) in [5.41, 5.74) is 1.99. The Morgan fingerprint density at radius 2 is 1.79 bits per heavy atom. The second-order valence-electron chi connectivity index (χ2n) is 4.27. The predicted molar refractivity (Wildman–Crippen MR) is 79.9 cm³/mol. The molecule has 2 aromatic rings. The van der Waals surface area contributed by atoms with Gasteiger partial charge in [-0.1, -0.05) is 36.4 Å². The van der Waals surface area contributed by atoms with Gasteiger partial charge in [-0.25, -0.2) is 0 Å². The van der Waals surface area contributed by atoms with Crippen LogP contribution in [-0.4, -0.2) is 18.5 Å². The molecule has 2 nitrogen and oxygen atoms in total. The molecular weight excluding hydrogens is 256 g/mol. The summed E-state index contributed by atoms with van der Waals surface area (Å²) in [7, 11) is 1.65. The van der Waals surface area contributed by atoms with Gasteiger partial charge in [0, 0.05) is 11.3 Å². The normalized spacial score (nSPS) is 12.2. The maximum absolute atomic E-state index is 10.4. The zero-order valence-electron chi connectivity index (χ0n) is 11.2. The molecule has 0 aliphatic heterocycles. The fourth-order valence-electron chi connectivity index (χ4n) is 2.13. The average molecular weight is 274 g/mol. The summed E-state index contributed by atoms with van der Waals surface area (Å²) in [6.45, 7) is 0. The van der Waals surface area contributed by atoms with Gasteiger partial charge in [-0.15, -0.1) is 11.8 Å². The third-order valence-corrected chi connectivity index (χ3v) is 3.92. The van der Waals surface area contributed by atoms with E-state index in [1.54, 1.807) is 18.9 Å². The highest BCUT2D eigenvalue weighted by Crippen LogP contribution is 2.30. The zero-order valence-corrected chi connectivity index (χ0v) is 12.0. The molecule has 19 heavy (non-hydrogen) atoms. The number of rotatable bonds is 5. The lowest BCUT2D eigenvalue weighted by Gasteiger charge is -2.16. The molecule has 0 saturated heterocycles. The summed E-state index contributed by atoms with van der Waals surface area (Å²) >= 11 is 1.65. The molecule has 3 heteroatoms. The molecule has 1 atom stereocenters. The minimum atomic E-state index is -0.514. The number of hydrogen-bond acceptors (Lipinski definition) is 3. The molecule has 2 rings (SSSR count). The predicted octanol–water partition coefficient (Wildman–Crippen LogP) is 3.69. The molecule has 0 fully saturated rings. The van der Waals surface area contributed by atoms with Crippen LogP contribution in [0.2, 0.25) is 0 Å². The van der Waals surface area contributed by atoms with E-state index in [0.717, 1.165) is 21.8 Å². The van der Waals surface area contributed by atoms with Crippen molar-refractivity contribution in [2.45, 2.75) is 17.4 Å². The number of thioether (sulfide) groups is 1. The third-order valence-electron chi connectivity index (χ3n) is 3.10. The molecule has 0 saturated carbocycles. The van der Waals surface area contributed by atoms with E-state index in [0.29, 0.717) is 6.42 Å². The van der Waals surface area contributed by atoms with E-state index in [-0.39, 0.29) is 0 Å². The molecule has 1 N–H and O–H groups in total. The van der Waals surface area contributed by atoms with Gasteiger partial charge < -0.3 is 9.84 Å². The third kappa shape index (κ3) is 3.31. The summed E-state index contributed by atoms with van der Waals surface area (Å²) in [4.78, 5) is 1.12. The van der Waals surface area contributed by atoms with Crippen LogP contribution in [0.25, 0.3) is 0 Å². The Balaban J connectivity index is 2.23. The first-order valence-electron chi connectivity index (χ1n) is 6.19. The molecule has 0 amide bonds. The Hall–Kier alpha value is -1.45. The molecule has 0 bridgehead atoms. The van der Waals surface area contributed by atoms with Gasteiger partial charge in [-0.2, -0.15) is 0 Å². The van der Waals surface area contributed by atoms with Crippen LogP contribution in [0, 0.1) is 0 Å². The smallest absolute Gasteiger partial charge is 0.122 e. The van der Waals surface area contributed by atoms with Gasteiger partial charge in [0.1, 0.15) is 5.75 Å². The molecule has 2 aromatic carbocycles. The van der Waals surface area contributed by atoms with Gasteiger partial charge >= 0.3 is 0 Å². The second kappa shape index (κ2) is 6.64. The summed E-state index contributed by atoms with van der Waals surface area (Å²) in [6.07, 6.45) is 2.07. The first-order valence-corrected chi connectivity index (χ1v) is 7.41. The highest BCUT2D eigenvalue weighted by Gasteiger charge is 2.14.